The van der Waals surface area contributed by atoms with Crippen molar-refractivity contribution in [1.29, 1.82) is 0 Å². The molecule has 0 aromatic heterocycles. The molecule has 1 aliphatic heterocycles. The molecule has 0 radical (unpaired) electrons. The highest BCUT2D eigenvalue weighted by molar-refractivity contribution is 9.09. The third-order valence-electron chi connectivity index (χ3n) is 3.67. The molecule has 2 aromatic carbocycles. The van der Waals surface area contributed by atoms with Gasteiger partial charge in [0.1, 0.15) is 35.3 Å². The molecule has 0 fully saturated rings. The molecular weight excluding hydrogens is 434 g/mol. The van der Waals surface area contributed by atoms with Crippen LogP contribution in [0.1, 0.15) is 12.0 Å². The van der Waals surface area contributed by atoms with Gasteiger partial charge in [-0.3, -0.25) is 0 Å². The Kier molecular flexibility index (Phi) is 5.88. The van der Waals surface area contributed by atoms with Crippen LogP contribution in [0.2, 0.25) is 0 Å². The number of alkyl halides is 3. The third-order valence-corrected chi connectivity index (χ3v) is 3.83. The van der Waals surface area contributed by atoms with E-state index in [0.717, 1.165) is 12.1 Å². The number of nitrogens with zero attached hydrogens (tertiary/aromatic N) is 1. The number of halogens is 5. The molecular formula is C18H14BrF4NO3. The molecule has 0 saturated heterocycles. The van der Waals surface area contributed by atoms with Gasteiger partial charge in [-0.2, -0.15) is 8.78 Å². The summed E-state index contributed by atoms with van der Waals surface area (Å²) >= 11 is 2.09. The van der Waals surface area contributed by atoms with Crippen molar-refractivity contribution in [2.24, 2.45) is 4.99 Å². The second-order valence-electron chi connectivity index (χ2n) is 5.65. The van der Waals surface area contributed by atoms with E-state index in [1.54, 1.807) is 0 Å². The molecule has 2 aromatic rings. The van der Waals surface area contributed by atoms with Gasteiger partial charge in [-0.1, -0.05) is 6.07 Å². The quantitative estimate of drug-likeness (QED) is 0.447. The summed E-state index contributed by atoms with van der Waals surface area (Å²) in [6.07, 6.45) is 0.456. The number of ether oxygens (including phenoxy) is 3. The average molecular weight is 448 g/mol. The zero-order valence-electron chi connectivity index (χ0n) is 13.8. The molecule has 0 bridgehead atoms. The number of hydrogen-bond acceptors (Lipinski definition) is 4. The number of aliphatic imine (C=N–C) groups is 1. The topological polar surface area (TPSA) is 40.0 Å². The Morgan fingerprint density at radius 3 is 2.33 bits per heavy atom. The van der Waals surface area contributed by atoms with Crippen LogP contribution in [0, 0.1) is 11.6 Å². The molecule has 1 heterocycles. The van der Waals surface area contributed by atoms with E-state index in [-0.39, 0.29) is 36.5 Å². The zero-order chi connectivity index (χ0) is 19.4. The molecule has 1 unspecified atom stereocenters. The van der Waals surface area contributed by atoms with E-state index in [9.17, 15) is 17.6 Å². The number of hydrogen-bond donors (Lipinski definition) is 0. The SMILES string of the molecule is Fc1cccc(F)c1C1=NC(CCOc2ccc(OC(F)(F)Br)cc2)CO1. The highest BCUT2D eigenvalue weighted by Crippen LogP contribution is 2.28. The van der Waals surface area contributed by atoms with Crippen LogP contribution in [0.25, 0.3) is 0 Å². The van der Waals surface area contributed by atoms with Crippen molar-refractivity contribution in [3.8, 4) is 11.5 Å². The zero-order valence-corrected chi connectivity index (χ0v) is 15.4. The summed E-state index contributed by atoms with van der Waals surface area (Å²) in [4.78, 5) is 4.19. The maximum atomic E-state index is 13.8. The van der Waals surface area contributed by atoms with Gasteiger partial charge < -0.3 is 14.2 Å². The fraction of sp³-hybridized carbons (Fsp3) is 0.278. The van der Waals surface area contributed by atoms with Crippen molar-refractivity contribution in [1.82, 2.24) is 0 Å². The molecule has 4 nitrogen and oxygen atoms in total. The lowest BCUT2D eigenvalue weighted by Crippen LogP contribution is -2.14. The van der Waals surface area contributed by atoms with E-state index in [0.29, 0.717) is 12.2 Å². The van der Waals surface area contributed by atoms with E-state index in [2.05, 4.69) is 25.7 Å². The second kappa shape index (κ2) is 8.16. The summed E-state index contributed by atoms with van der Waals surface area (Å²) in [7, 11) is 0. The Morgan fingerprint density at radius 1 is 1.07 bits per heavy atom. The van der Waals surface area contributed by atoms with Gasteiger partial charge in [-0.15, -0.1) is 0 Å². The summed E-state index contributed by atoms with van der Waals surface area (Å²) in [5, 5.41) is -3.44. The Morgan fingerprint density at radius 2 is 1.70 bits per heavy atom. The van der Waals surface area contributed by atoms with Crippen molar-refractivity contribution in [3.63, 3.8) is 0 Å². The lowest BCUT2D eigenvalue weighted by Gasteiger charge is -2.12. The van der Waals surface area contributed by atoms with E-state index < -0.39 is 16.7 Å². The largest absolute Gasteiger partial charge is 0.494 e. The molecule has 0 amide bonds. The smallest absolute Gasteiger partial charge is 0.459 e. The Balaban J connectivity index is 1.52. The van der Waals surface area contributed by atoms with Gasteiger partial charge in [-0.25, -0.2) is 13.8 Å². The molecule has 0 N–H and O–H groups in total. The maximum Gasteiger partial charge on any atom is 0.459 e. The first-order valence-electron chi connectivity index (χ1n) is 7.95. The lowest BCUT2D eigenvalue weighted by molar-refractivity contribution is -0.0803. The van der Waals surface area contributed by atoms with Crippen LogP contribution in [0.15, 0.2) is 47.5 Å². The van der Waals surface area contributed by atoms with Gasteiger partial charge in [0.25, 0.3) is 0 Å². The Labute approximate surface area is 160 Å². The molecule has 0 spiro atoms. The predicted molar refractivity (Wildman–Crippen MR) is 93.7 cm³/mol. The first-order chi connectivity index (χ1) is 12.8. The van der Waals surface area contributed by atoms with Gasteiger partial charge in [0, 0.05) is 22.4 Å². The molecule has 3 rings (SSSR count). The van der Waals surface area contributed by atoms with Crippen LogP contribution in [0.3, 0.4) is 0 Å². The van der Waals surface area contributed by atoms with Crippen molar-refractivity contribution >= 4 is 21.8 Å². The fourth-order valence-corrected chi connectivity index (χ4v) is 2.64. The Bertz CT molecular complexity index is 804. The van der Waals surface area contributed by atoms with Gasteiger partial charge in [0.2, 0.25) is 5.90 Å². The van der Waals surface area contributed by atoms with Gasteiger partial charge in [0.15, 0.2) is 0 Å². The normalized spacial score (nSPS) is 16.6. The van der Waals surface area contributed by atoms with E-state index in [4.69, 9.17) is 9.47 Å². The van der Waals surface area contributed by atoms with Crippen molar-refractivity contribution in [2.75, 3.05) is 13.2 Å². The summed E-state index contributed by atoms with van der Waals surface area (Å²) < 4.78 is 68.0. The standard InChI is InChI=1S/C18H14BrF4NO3/c19-18(22,23)27-13-6-4-12(5-7-13)25-9-8-11-10-26-17(24-11)16-14(20)2-1-3-15(16)21/h1-7,11H,8-10H2. The minimum atomic E-state index is -3.44. The van der Waals surface area contributed by atoms with Crippen LogP contribution >= 0.6 is 15.9 Å². The fourth-order valence-electron chi connectivity index (χ4n) is 2.45. The number of benzene rings is 2. The van der Waals surface area contributed by atoms with Gasteiger partial charge in [-0.05, 0) is 36.4 Å². The maximum absolute atomic E-state index is 13.8. The monoisotopic (exact) mass is 447 g/mol. The molecule has 1 aliphatic rings. The summed E-state index contributed by atoms with van der Waals surface area (Å²) in [6.45, 7) is 0.457. The molecule has 0 aliphatic carbocycles. The molecule has 1 atom stereocenters. The highest BCUT2D eigenvalue weighted by atomic mass is 79.9. The number of rotatable bonds is 7. The average Bonchev–Trinajstić information content (AvgIpc) is 3.03. The third kappa shape index (κ3) is 5.35. The van der Waals surface area contributed by atoms with Gasteiger partial charge >= 0.3 is 5.02 Å². The van der Waals surface area contributed by atoms with Crippen LogP contribution < -0.4 is 9.47 Å². The molecule has 144 valence electrons. The minimum Gasteiger partial charge on any atom is -0.494 e. The van der Waals surface area contributed by atoms with Crippen LogP contribution in [-0.4, -0.2) is 30.2 Å². The second-order valence-corrected chi connectivity index (χ2v) is 6.58. The molecule has 9 heteroatoms. The summed E-state index contributed by atoms with van der Waals surface area (Å²) in [5.74, 6) is -1.09. The molecule has 27 heavy (non-hydrogen) atoms. The lowest BCUT2D eigenvalue weighted by atomic mass is 10.2. The van der Waals surface area contributed by atoms with Gasteiger partial charge in [0.05, 0.1) is 12.6 Å². The first-order valence-corrected chi connectivity index (χ1v) is 8.75. The first kappa shape index (κ1) is 19.5. The summed E-state index contributed by atoms with van der Waals surface area (Å²) in [5.41, 5.74) is -0.278. The van der Waals surface area contributed by atoms with E-state index in [1.807, 2.05) is 0 Å². The van der Waals surface area contributed by atoms with E-state index >= 15 is 0 Å². The van der Waals surface area contributed by atoms with Crippen LogP contribution in [0.5, 0.6) is 11.5 Å². The summed E-state index contributed by atoms with van der Waals surface area (Å²) in [6, 6.07) is 8.92. The highest BCUT2D eigenvalue weighted by Gasteiger charge is 2.27. The molecule has 0 saturated carbocycles. The van der Waals surface area contributed by atoms with Crippen molar-refractivity contribution in [3.05, 3.63) is 59.7 Å². The predicted octanol–water partition coefficient (Wildman–Crippen LogP) is 4.90. The van der Waals surface area contributed by atoms with Crippen LogP contribution in [0.4, 0.5) is 17.6 Å². The van der Waals surface area contributed by atoms with Crippen molar-refractivity contribution < 1.29 is 31.8 Å². The van der Waals surface area contributed by atoms with Crippen molar-refractivity contribution in [2.45, 2.75) is 17.5 Å². The van der Waals surface area contributed by atoms with E-state index in [1.165, 1.54) is 30.3 Å². The Hall–Kier alpha value is -2.29. The minimum absolute atomic E-state index is 0.0189. The van der Waals surface area contributed by atoms with Crippen LogP contribution in [-0.2, 0) is 4.74 Å².